The largest absolute Gasteiger partial charge is 0.311 e. The molecule has 1 nitrogen and oxygen atoms in total. The summed E-state index contributed by atoms with van der Waals surface area (Å²) in [4.78, 5) is 0. The van der Waals surface area contributed by atoms with Gasteiger partial charge in [0.2, 0.25) is 0 Å². The van der Waals surface area contributed by atoms with Crippen molar-refractivity contribution in [3.63, 3.8) is 0 Å². The zero-order chi connectivity index (χ0) is 10.5. The monoisotopic (exact) mass is 209 g/mol. The number of hydrogen-bond acceptors (Lipinski definition) is 1. The van der Waals surface area contributed by atoms with E-state index in [4.69, 9.17) is 0 Å². The van der Waals surface area contributed by atoms with Crippen LogP contribution in [0.1, 0.15) is 71.1 Å². The molecule has 0 heterocycles. The molecule has 0 amide bonds. The summed E-state index contributed by atoms with van der Waals surface area (Å²) in [5.41, 5.74) is 0. The Bertz CT molecular complexity index is 174. The van der Waals surface area contributed by atoms with E-state index < -0.39 is 0 Å². The molecule has 2 aliphatic carbocycles. The van der Waals surface area contributed by atoms with Gasteiger partial charge in [-0.3, -0.25) is 0 Å². The highest BCUT2D eigenvalue weighted by Crippen LogP contribution is 2.28. The SMILES string of the molecule is CCCC1CCCC(NC2CCC2)CC1. The lowest BCUT2D eigenvalue weighted by Gasteiger charge is -2.31. The second-order valence-electron chi connectivity index (χ2n) is 5.65. The van der Waals surface area contributed by atoms with Gasteiger partial charge in [0.1, 0.15) is 0 Å². The van der Waals surface area contributed by atoms with Crippen LogP contribution in [0.5, 0.6) is 0 Å². The van der Waals surface area contributed by atoms with E-state index in [-0.39, 0.29) is 0 Å². The number of hydrogen-bond donors (Lipinski definition) is 1. The molecule has 0 bridgehead atoms. The summed E-state index contributed by atoms with van der Waals surface area (Å²) in [6.45, 7) is 2.33. The van der Waals surface area contributed by atoms with Crippen LogP contribution in [0.25, 0.3) is 0 Å². The van der Waals surface area contributed by atoms with E-state index in [1.807, 2.05) is 0 Å². The molecule has 2 atom stereocenters. The summed E-state index contributed by atoms with van der Waals surface area (Å²) in [5.74, 6) is 1.04. The van der Waals surface area contributed by atoms with Gasteiger partial charge >= 0.3 is 0 Å². The molecule has 2 unspecified atom stereocenters. The first kappa shape index (κ1) is 11.4. The third-order valence-corrected chi connectivity index (χ3v) is 4.36. The minimum atomic E-state index is 0.858. The highest BCUT2D eigenvalue weighted by atomic mass is 15.0. The summed E-state index contributed by atoms with van der Waals surface area (Å²) < 4.78 is 0. The zero-order valence-corrected chi connectivity index (χ0v) is 10.3. The van der Waals surface area contributed by atoms with Crippen LogP contribution < -0.4 is 5.32 Å². The van der Waals surface area contributed by atoms with Gasteiger partial charge in [-0.1, -0.05) is 39.0 Å². The van der Waals surface area contributed by atoms with Crippen molar-refractivity contribution in [1.82, 2.24) is 5.32 Å². The highest BCUT2D eigenvalue weighted by Gasteiger charge is 2.23. The molecule has 2 aliphatic rings. The Labute approximate surface area is 95.0 Å². The van der Waals surface area contributed by atoms with Crippen molar-refractivity contribution in [2.24, 2.45) is 5.92 Å². The van der Waals surface area contributed by atoms with E-state index in [2.05, 4.69) is 12.2 Å². The maximum atomic E-state index is 3.86. The fourth-order valence-corrected chi connectivity index (χ4v) is 3.15. The predicted octanol–water partition coefficient (Wildman–Crippen LogP) is 3.88. The van der Waals surface area contributed by atoms with E-state index in [1.165, 1.54) is 64.2 Å². The Morgan fingerprint density at radius 2 is 1.53 bits per heavy atom. The van der Waals surface area contributed by atoms with Gasteiger partial charge in [0.15, 0.2) is 0 Å². The summed E-state index contributed by atoms with van der Waals surface area (Å²) >= 11 is 0. The van der Waals surface area contributed by atoms with Crippen molar-refractivity contribution >= 4 is 0 Å². The molecule has 0 aromatic carbocycles. The average Bonchev–Trinajstić information content (AvgIpc) is 2.38. The van der Waals surface area contributed by atoms with Crippen LogP contribution in [0.2, 0.25) is 0 Å². The molecule has 2 saturated carbocycles. The summed E-state index contributed by atoms with van der Waals surface area (Å²) in [7, 11) is 0. The fourth-order valence-electron chi connectivity index (χ4n) is 3.15. The van der Waals surface area contributed by atoms with Crippen LogP contribution in [0.3, 0.4) is 0 Å². The molecule has 2 rings (SSSR count). The molecule has 0 saturated heterocycles. The summed E-state index contributed by atoms with van der Waals surface area (Å²) in [5, 5.41) is 3.86. The van der Waals surface area contributed by atoms with Crippen LogP contribution in [-0.4, -0.2) is 12.1 Å². The summed E-state index contributed by atoms with van der Waals surface area (Å²) in [6, 6.07) is 1.75. The maximum absolute atomic E-state index is 3.86. The Morgan fingerprint density at radius 3 is 2.20 bits per heavy atom. The second-order valence-corrected chi connectivity index (χ2v) is 5.65. The van der Waals surface area contributed by atoms with Gasteiger partial charge in [-0.05, 0) is 38.0 Å². The third kappa shape index (κ3) is 3.48. The van der Waals surface area contributed by atoms with Crippen molar-refractivity contribution < 1.29 is 0 Å². The van der Waals surface area contributed by atoms with Crippen molar-refractivity contribution in [1.29, 1.82) is 0 Å². The molecule has 0 aliphatic heterocycles. The quantitative estimate of drug-likeness (QED) is 0.693. The van der Waals surface area contributed by atoms with Crippen molar-refractivity contribution in [2.75, 3.05) is 0 Å². The summed E-state index contributed by atoms with van der Waals surface area (Å²) in [6.07, 6.45) is 14.5. The van der Waals surface area contributed by atoms with E-state index >= 15 is 0 Å². The van der Waals surface area contributed by atoms with Crippen LogP contribution in [0.4, 0.5) is 0 Å². The van der Waals surface area contributed by atoms with Crippen molar-refractivity contribution in [3.8, 4) is 0 Å². The fraction of sp³-hybridized carbons (Fsp3) is 1.00. The zero-order valence-electron chi connectivity index (χ0n) is 10.3. The highest BCUT2D eigenvalue weighted by molar-refractivity contribution is 4.83. The molecule has 88 valence electrons. The first-order valence-electron chi connectivity index (χ1n) is 7.14. The van der Waals surface area contributed by atoms with Crippen LogP contribution in [-0.2, 0) is 0 Å². The smallest absolute Gasteiger partial charge is 0.00697 e. The molecule has 1 heteroatoms. The molecule has 1 N–H and O–H groups in total. The lowest BCUT2D eigenvalue weighted by atomic mass is 9.91. The standard InChI is InChI=1S/C14H27N/c1-2-5-12-6-3-7-14(11-10-12)15-13-8-4-9-13/h12-15H,2-11H2,1H3. The Kier molecular flexibility index (Phi) is 4.49. The predicted molar refractivity (Wildman–Crippen MR) is 66.0 cm³/mol. The van der Waals surface area contributed by atoms with E-state index in [1.54, 1.807) is 0 Å². The first-order valence-corrected chi connectivity index (χ1v) is 7.14. The topological polar surface area (TPSA) is 12.0 Å². The Hall–Kier alpha value is -0.0400. The van der Waals surface area contributed by atoms with Crippen LogP contribution in [0.15, 0.2) is 0 Å². The number of rotatable bonds is 4. The van der Waals surface area contributed by atoms with Crippen molar-refractivity contribution in [2.45, 2.75) is 83.2 Å². The second kappa shape index (κ2) is 5.89. The molecule has 15 heavy (non-hydrogen) atoms. The van der Waals surface area contributed by atoms with Gasteiger partial charge in [-0.25, -0.2) is 0 Å². The first-order chi connectivity index (χ1) is 7.38. The molecule has 0 aromatic rings. The van der Waals surface area contributed by atoms with Gasteiger partial charge in [0.05, 0.1) is 0 Å². The van der Waals surface area contributed by atoms with Crippen molar-refractivity contribution in [3.05, 3.63) is 0 Å². The third-order valence-electron chi connectivity index (χ3n) is 4.36. The van der Waals surface area contributed by atoms with E-state index in [0.29, 0.717) is 0 Å². The lowest BCUT2D eigenvalue weighted by Crippen LogP contribution is -2.42. The van der Waals surface area contributed by atoms with E-state index in [9.17, 15) is 0 Å². The number of nitrogens with one attached hydrogen (secondary N) is 1. The molecule has 2 fully saturated rings. The minimum Gasteiger partial charge on any atom is -0.311 e. The van der Waals surface area contributed by atoms with Gasteiger partial charge < -0.3 is 5.32 Å². The van der Waals surface area contributed by atoms with Gasteiger partial charge in [0.25, 0.3) is 0 Å². The van der Waals surface area contributed by atoms with Crippen LogP contribution >= 0.6 is 0 Å². The molecular weight excluding hydrogens is 182 g/mol. The maximum Gasteiger partial charge on any atom is 0.00697 e. The van der Waals surface area contributed by atoms with Gasteiger partial charge in [-0.2, -0.15) is 0 Å². The molecular formula is C14H27N. The normalized spacial score (nSPS) is 33.4. The van der Waals surface area contributed by atoms with Crippen LogP contribution in [0, 0.1) is 5.92 Å². The average molecular weight is 209 g/mol. The molecule has 0 radical (unpaired) electrons. The van der Waals surface area contributed by atoms with Gasteiger partial charge in [0, 0.05) is 12.1 Å². The minimum absolute atomic E-state index is 0.858. The molecule has 0 aromatic heterocycles. The molecule has 0 spiro atoms. The lowest BCUT2D eigenvalue weighted by molar-refractivity contribution is 0.288. The van der Waals surface area contributed by atoms with Gasteiger partial charge in [-0.15, -0.1) is 0 Å². The van der Waals surface area contributed by atoms with E-state index in [0.717, 1.165) is 18.0 Å². The Morgan fingerprint density at radius 1 is 0.867 bits per heavy atom. The Balaban J connectivity index is 1.68.